The molecule has 2 saturated carbocycles. The third kappa shape index (κ3) is 2.52. The van der Waals surface area contributed by atoms with E-state index in [0.717, 1.165) is 36.2 Å². The number of ketones is 2. The van der Waals surface area contributed by atoms with Crippen LogP contribution in [0.5, 0.6) is 0 Å². The first-order chi connectivity index (χ1) is 13.5. The van der Waals surface area contributed by atoms with Crippen molar-refractivity contribution in [1.29, 1.82) is 0 Å². The van der Waals surface area contributed by atoms with Crippen molar-refractivity contribution >= 4 is 11.6 Å². The van der Waals surface area contributed by atoms with Gasteiger partial charge in [-0.05, 0) is 54.0 Å². The zero-order valence-electron chi connectivity index (χ0n) is 16.2. The Kier molecular flexibility index (Phi) is 4.05. The lowest BCUT2D eigenvalue weighted by atomic mass is 9.61. The van der Waals surface area contributed by atoms with Crippen molar-refractivity contribution in [2.75, 3.05) is 6.54 Å². The monoisotopic (exact) mass is 378 g/mol. The number of Topliss-reactive ketones (excluding diaryl/α,β-unsaturated/α-hetero) is 2. The van der Waals surface area contributed by atoms with Gasteiger partial charge in [0.2, 0.25) is 0 Å². The van der Waals surface area contributed by atoms with Gasteiger partial charge in [0.25, 0.3) is 0 Å². The molecule has 0 radical (unpaired) electrons. The van der Waals surface area contributed by atoms with E-state index in [2.05, 4.69) is 18.0 Å². The van der Waals surface area contributed by atoms with Crippen LogP contribution in [0.3, 0.4) is 0 Å². The highest BCUT2D eigenvalue weighted by atomic mass is 16.5. The number of carbonyl (C=O) groups excluding carboxylic acids is 2. The molecule has 5 heteroatoms. The highest BCUT2D eigenvalue weighted by Gasteiger charge is 2.58. The van der Waals surface area contributed by atoms with Gasteiger partial charge in [0.15, 0.2) is 5.78 Å². The van der Waals surface area contributed by atoms with Gasteiger partial charge in [-0.25, -0.2) is 0 Å². The van der Waals surface area contributed by atoms with Crippen molar-refractivity contribution in [2.45, 2.75) is 51.0 Å². The number of rotatable bonds is 2. The first kappa shape index (κ1) is 17.8. The Bertz CT molecular complexity index is 904. The molecule has 5 rings (SSSR count). The largest absolute Gasteiger partial charge is 0.489 e. The summed E-state index contributed by atoms with van der Waals surface area (Å²) in [5.74, 6) is 1.38. The van der Waals surface area contributed by atoms with E-state index in [4.69, 9.17) is 10.5 Å². The van der Waals surface area contributed by atoms with Crippen LogP contribution in [0.1, 0.15) is 50.5 Å². The van der Waals surface area contributed by atoms with Crippen molar-refractivity contribution in [3.63, 3.8) is 0 Å². The molecule has 3 aliphatic carbocycles. The zero-order valence-corrected chi connectivity index (χ0v) is 16.2. The quantitative estimate of drug-likeness (QED) is 0.855. The zero-order chi connectivity index (χ0) is 19.5. The molecule has 0 saturated heterocycles. The van der Waals surface area contributed by atoms with Crippen LogP contribution in [0, 0.1) is 17.3 Å². The van der Waals surface area contributed by atoms with Gasteiger partial charge in [0, 0.05) is 43.5 Å². The minimum atomic E-state index is -0.147. The van der Waals surface area contributed by atoms with Crippen LogP contribution < -0.4 is 5.73 Å². The fourth-order valence-electron chi connectivity index (χ4n) is 5.92. The smallest absolute Gasteiger partial charge is 0.166 e. The number of carbonyl (C=O) groups is 2. The first-order valence-electron chi connectivity index (χ1n) is 10.3. The second-order valence-corrected chi connectivity index (χ2v) is 9.03. The molecule has 1 unspecified atom stereocenters. The Hall–Kier alpha value is -2.27. The maximum atomic E-state index is 13.1. The number of fused-ring (bicyclic) bond motifs is 3. The van der Waals surface area contributed by atoms with E-state index in [9.17, 15) is 9.59 Å². The summed E-state index contributed by atoms with van der Waals surface area (Å²) in [7, 11) is 0. The predicted molar refractivity (Wildman–Crippen MR) is 104 cm³/mol. The number of ether oxygens (including phenoxy) is 1. The van der Waals surface area contributed by atoms with Crippen molar-refractivity contribution in [2.24, 2.45) is 23.0 Å². The van der Waals surface area contributed by atoms with E-state index < -0.39 is 0 Å². The molecule has 2 fully saturated rings. The molecule has 4 aliphatic rings. The molecule has 1 aromatic heterocycles. The van der Waals surface area contributed by atoms with Crippen LogP contribution in [0.2, 0.25) is 0 Å². The second-order valence-electron chi connectivity index (χ2n) is 9.03. The molecule has 0 amide bonds. The molecule has 0 spiro atoms. The summed E-state index contributed by atoms with van der Waals surface area (Å²) in [5.41, 5.74) is 8.62. The van der Waals surface area contributed by atoms with E-state index in [1.165, 1.54) is 5.57 Å². The van der Waals surface area contributed by atoms with Crippen LogP contribution in [0.25, 0.3) is 0 Å². The maximum absolute atomic E-state index is 13.1. The van der Waals surface area contributed by atoms with Gasteiger partial charge < -0.3 is 10.5 Å². The molecule has 2 heterocycles. The van der Waals surface area contributed by atoms with Crippen molar-refractivity contribution < 1.29 is 14.3 Å². The van der Waals surface area contributed by atoms with Gasteiger partial charge in [0.05, 0.1) is 5.57 Å². The average Bonchev–Trinajstić information content (AvgIpc) is 2.98. The van der Waals surface area contributed by atoms with E-state index >= 15 is 0 Å². The topological polar surface area (TPSA) is 82.3 Å². The van der Waals surface area contributed by atoms with Gasteiger partial charge >= 0.3 is 0 Å². The highest BCUT2D eigenvalue weighted by Crippen LogP contribution is 2.60. The summed E-state index contributed by atoms with van der Waals surface area (Å²) in [5, 5.41) is 0. The van der Waals surface area contributed by atoms with Crippen LogP contribution in [0.15, 0.2) is 47.5 Å². The number of nitrogens with two attached hydrogens (primary N) is 1. The predicted octanol–water partition coefficient (Wildman–Crippen LogP) is 3.07. The molecule has 0 bridgehead atoms. The number of nitrogens with zero attached hydrogens (tertiary/aromatic N) is 1. The van der Waals surface area contributed by atoms with E-state index in [1.807, 2.05) is 18.3 Å². The fraction of sp³-hybridized carbons (Fsp3) is 0.522. The number of hydrogen-bond donors (Lipinski definition) is 1. The summed E-state index contributed by atoms with van der Waals surface area (Å²) >= 11 is 0. The summed E-state index contributed by atoms with van der Waals surface area (Å²) in [6.45, 7) is 2.73. The molecule has 0 aromatic carbocycles. The Morgan fingerprint density at radius 1 is 1.29 bits per heavy atom. The number of aromatic nitrogens is 1. The summed E-state index contributed by atoms with van der Waals surface area (Å²) in [4.78, 5) is 29.9. The summed E-state index contributed by atoms with van der Waals surface area (Å²) < 4.78 is 6.48. The van der Waals surface area contributed by atoms with Crippen molar-refractivity contribution in [3.05, 3.63) is 53.1 Å². The van der Waals surface area contributed by atoms with Gasteiger partial charge in [-0.3, -0.25) is 14.6 Å². The van der Waals surface area contributed by atoms with E-state index in [-0.39, 0.29) is 40.8 Å². The third-order valence-electron chi connectivity index (χ3n) is 7.43. The fourth-order valence-corrected chi connectivity index (χ4v) is 5.92. The summed E-state index contributed by atoms with van der Waals surface area (Å²) in [6.07, 6.45) is 9.09. The lowest BCUT2D eigenvalue weighted by Gasteiger charge is -2.47. The Labute approximate surface area is 165 Å². The number of pyridine rings is 1. The lowest BCUT2D eigenvalue weighted by molar-refractivity contribution is -0.120. The molecule has 1 aromatic rings. The number of allylic oxidation sites excluding steroid dienone is 3. The molecule has 146 valence electrons. The van der Waals surface area contributed by atoms with Gasteiger partial charge in [0.1, 0.15) is 17.6 Å². The minimum Gasteiger partial charge on any atom is -0.489 e. The molecule has 5 nitrogen and oxygen atoms in total. The molecule has 5 atom stereocenters. The molecule has 2 N–H and O–H groups in total. The number of hydrogen-bond acceptors (Lipinski definition) is 5. The van der Waals surface area contributed by atoms with E-state index in [1.54, 1.807) is 6.20 Å². The van der Waals surface area contributed by atoms with Crippen LogP contribution in [0.4, 0.5) is 0 Å². The Morgan fingerprint density at radius 2 is 2.14 bits per heavy atom. The standard InChI is InChI=1S/C23H26N2O3/c1-23-5-4-14-9-16-18(26)7-13(11-24)8-20(16)28-22(14)17(23)10-19(27)21(23)15-3-2-6-25-12-15/h2-3,6,9,12-13,17,21-22H,4-5,7-8,10-11,24H2,1H3/t13?,17-,21-,22+,23-/m0/s1. The lowest BCUT2D eigenvalue weighted by Crippen LogP contribution is -2.44. The third-order valence-corrected chi connectivity index (χ3v) is 7.43. The van der Waals surface area contributed by atoms with Crippen LogP contribution in [-0.2, 0) is 14.3 Å². The van der Waals surface area contributed by atoms with Gasteiger partial charge in [-0.2, -0.15) is 0 Å². The van der Waals surface area contributed by atoms with Crippen molar-refractivity contribution in [1.82, 2.24) is 4.98 Å². The van der Waals surface area contributed by atoms with Crippen LogP contribution >= 0.6 is 0 Å². The molecule has 1 aliphatic heterocycles. The molecular formula is C23H26N2O3. The Morgan fingerprint density at radius 3 is 2.89 bits per heavy atom. The van der Waals surface area contributed by atoms with Crippen LogP contribution in [-0.4, -0.2) is 29.2 Å². The molecular weight excluding hydrogens is 352 g/mol. The van der Waals surface area contributed by atoms with Gasteiger partial charge in [-0.15, -0.1) is 0 Å². The second kappa shape index (κ2) is 6.38. The summed E-state index contributed by atoms with van der Waals surface area (Å²) in [6, 6.07) is 3.92. The Balaban J connectivity index is 1.49. The first-order valence-corrected chi connectivity index (χ1v) is 10.3. The van der Waals surface area contributed by atoms with Crippen molar-refractivity contribution in [3.8, 4) is 0 Å². The van der Waals surface area contributed by atoms with E-state index in [0.29, 0.717) is 19.4 Å². The minimum absolute atomic E-state index is 0.104. The average molecular weight is 378 g/mol. The van der Waals surface area contributed by atoms with Gasteiger partial charge in [-0.1, -0.05) is 13.0 Å². The SMILES string of the molecule is C[C@]12CCC3=CC4=C(CC(CN)CC4=O)O[C@H]3[C@@H]1CC(=O)[C@@H]2c1cccnc1. The molecule has 28 heavy (non-hydrogen) atoms. The normalized spacial score (nSPS) is 37.0. The highest BCUT2D eigenvalue weighted by molar-refractivity contribution is 6.00. The maximum Gasteiger partial charge on any atom is 0.166 e.